The average molecular weight is 324 g/mol. The van der Waals surface area contributed by atoms with E-state index in [2.05, 4.69) is 39.1 Å². The van der Waals surface area contributed by atoms with Gasteiger partial charge in [0.05, 0.1) is 8.66 Å². The Labute approximate surface area is 109 Å². The molecule has 0 aliphatic carbocycles. The standard InChI is InChI=1S/C9H8BrClN2S2/c1-5-4-6(14-8(5)10)9-13-12-7(15-9)2-3-11/h4H,2-3H2,1H3. The van der Waals surface area contributed by atoms with Gasteiger partial charge in [-0.05, 0) is 34.5 Å². The molecule has 0 radical (unpaired) electrons. The molecule has 2 rings (SSSR count). The van der Waals surface area contributed by atoms with Crippen LogP contribution in [0.25, 0.3) is 9.88 Å². The summed E-state index contributed by atoms with van der Waals surface area (Å²) >= 11 is 12.5. The summed E-state index contributed by atoms with van der Waals surface area (Å²) in [5.74, 6) is 0.599. The summed E-state index contributed by atoms with van der Waals surface area (Å²) in [6.45, 7) is 2.07. The maximum atomic E-state index is 5.65. The maximum absolute atomic E-state index is 5.65. The Kier molecular flexibility index (Phi) is 3.77. The number of nitrogens with zero attached hydrogens (tertiary/aromatic N) is 2. The van der Waals surface area contributed by atoms with E-state index in [-0.39, 0.29) is 0 Å². The van der Waals surface area contributed by atoms with Crippen molar-refractivity contribution in [3.63, 3.8) is 0 Å². The minimum Gasteiger partial charge on any atom is -0.143 e. The second kappa shape index (κ2) is 4.91. The number of aromatic nitrogens is 2. The van der Waals surface area contributed by atoms with Gasteiger partial charge in [0.1, 0.15) is 5.01 Å². The number of halogens is 2. The number of thiophene rings is 1. The predicted octanol–water partition coefficient (Wildman–Crippen LogP) is 4.12. The van der Waals surface area contributed by atoms with Crippen molar-refractivity contribution in [2.45, 2.75) is 13.3 Å². The molecule has 6 heteroatoms. The Balaban J connectivity index is 2.28. The first-order valence-electron chi connectivity index (χ1n) is 4.35. The zero-order valence-corrected chi connectivity index (χ0v) is 11.9. The van der Waals surface area contributed by atoms with Gasteiger partial charge in [0.15, 0.2) is 5.01 Å². The van der Waals surface area contributed by atoms with Crippen LogP contribution in [-0.2, 0) is 6.42 Å². The van der Waals surface area contributed by atoms with Crippen LogP contribution in [0.15, 0.2) is 9.85 Å². The van der Waals surface area contributed by atoms with Gasteiger partial charge in [0.2, 0.25) is 0 Å². The SMILES string of the molecule is Cc1cc(-c2nnc(CCCl)s2)sc1Br. The summed E-state index contributed by atoms with van der Waals surface area (Å²) in [5, 5.41) is 10.2. The van der Waals surface area contributed by atoms with Crippen LogP contribution < -0.4 is 0 Å². The van der Waals surface area contributed by atoms with E-state index in [1.165, 1.54) is 5.56 Å². The third kappa shape index (κ3) is 2.58. The first-order valence-corrected chi connectivity index (χ1v) is 7.31. The van der Waals surface area contributed by atoms with Crippen LogP contribution in [0.2, 0.25) is 0 Å². The molecule has 2 heterocycles. The van der Waals surface area contributed by atoms with Crippen LogP contribution in [-0.4, -0.2) is 16.1 Å². The highest BCUT2D eigenvalue weighted by Crippen LogP contribution is 2.35. The van der Waals surface area contributed by atoms with Crippen molar-refractivity contribution in [3.8, 4) is 9.88 Å². The fourth-order valence-corrected chi connectivity index (χ4v) is 3.81. The molecule has 0 spiro atoms. The molecular weight excluding hydrogens is 316 g/mol. The molecule has 0 aromatic carbocycles. The van der Waals surface area contributed by atoms with Gasteiger partial charge in [0.25, 0.3) is 0 Å². The maximum Gasteiger partial charge on any atom is 0.157 e. The van der Waals surface area contributed by atoms with Crippen molar-refractivity contribution < 1.29 is 0 Å². The van der Waals surface area contributed by atoms with Crippen molar-refractivity contribution in [1.82, 2.24) is 10.2 Å². The van der Waals surface area contributed by atoms with Crippen molar-refractivity contribution in [2.24, 2.45) is 0 Å². The lowest BCUT2D eigenvalue weighted by Crippen LogP contribution is -1.82. The Morgan fingerprint density at radius 2 is 2.20 bits per heavy atom. The molecule has 0 atom stereocenters. The molecule has 0 aliphatic heterocycles. The highest BCUT2D eigenvalue weighted by atomic mass is 79.9. The van der Waals surface area contributed by atoms with Crippen LogP contribution in [0.5, 0.6) is 0 Å². The van der Waals surface area contributed by atoms with Crippen LogP contribution in [0, 0.1) is 6.92 Å². The van der Waals surface area contributed by atoms with Crippen molar-refractivity contribution in [2.75, 3.05) is 5.88 Å². The second-order valence-electron chi connectivity index (χ2n) is 3.01. The third-order valence-corrected chi connectivity index (χ3v) is 5.32. The molecule has 0 saturated heterocycles. The zero-order chi connectivity index (χ0) is 10.8. The molecule has 2 nitrogen and oxygen atoms in total. The van der Waals surface area contributed by atoms with E-state index < -0.39 is 0 Å². The van der Waals surface area contributed by atoms with Crippen LogP contribution in [0.4, 0.5) is 0 Å². The van der Waals surface area contributed by atoms with E-state index in [4.69, 9.17) is 11.6 Å². The summed E-state index contributed by atoms with van der Waals surface area (Å²) in [7, 11) is 0. The summed E-state index contributed by atoms with van der Waals surface area (Å²) < 4.78 is 1.16. The van der Waals surface area contributed by atoms with E-state index in [0.717, 1.165) is 25.1 Å². The van der Waals surface area contributed by atoms with Crippen molar-refractivity contribution in [3.05, 3.63) is 20.4 Å². The van der Waals surface area contributed by atoms with Crippen molar-refractivity contribution >= 4 is 50.2 Å². The van der Waals surface area contributed by atoms with Gasteiger partial charge < -0.3 is 0 Å². The lowest BCUT2D eigenvalue weighted by Gasteiger charge is -1.85. The molecule has 0 unspecified atom stereocenters. The zero-order valence-electron chi connectivity index (χ0n) is 7.96. The summed E-state index contributed by atoms with van der Waals surface area (Å²) in [6, 6.07) is 2.12. The van der Waals surface area contributed by atoms with Gasteiger partial charge in [-0.2, -0.15) is 0 Å². The van der Waals surface area contributed by atoms with Gasteiger partial charge >= 0.3 is 0 Å². The second-order valence-corrected chi connectivity index (χ2v) is 6.82. The largest absolute Gasteiger partial charge is 0.157 e. The molecule has 2 aromatic rings. The first kappa shape index (κ1) is 11.5. The van der Waals surface area contributed by atoms with Crippen LogP contribution in [0.3, 0.4) is 0 Å². The monoisotopic (exact) mass is 322 g/mol. The molecule has 0 fully saturated rings. The number of hydrogen-bond acceptors (Lipinski definition) is 4. The Bertz CT molecular complexity index is 447. The fraction of sp³-hybridized carbons (Fsp3) is 0.333. The van der Waals surface area contributed by atoms with E-state index in [1.807, 2.05) is 0 Å². The van der Waals surface area contributed by atoms with Crippen LogP contribution >= 0.6 is 50.2 Å². The van der Waals surface area contributed by atoms with Gasteiger partial charge in [-0.15, -0.1) is 33.1 Å². The lowest BCUT2D eigenvalue weighted by molar-refractivity contribution is 0.991. The number of hydrogen-bond donors (Lipinski definition) is 0. The van der Waals surface area contributed by atoms with Crippen molar-refractivity contribution in [1.29, 1.82) is 0 Å². The Morgan fingerprint density at radius 3 is 2.80 bits per heavy atom. The van der Waals surface area contributed by atoms with Gasteiger partial charge in [-0.25, -0.2) is 0 Å². The van der Waals surface area contributed by atoms with Gasteiger partial charge in [0, 0.05) is 12.3 Å². The molecule has 80 valence electrons. The van der Waals surface area contributed by atoms with E-state index in [0.29, 0.717) is 5.88 Å². The smallest absolute Gasteiger partial charge is 0.143 e. The van der Waals surface area contributed by atoms with Crippen LogP contribution in [0.1, 0.15) is 10.6 Å². The molecular formula is C9H8BrClN2S2. The quantitative estimate of drug-likeness (QED) is 0.794. The summed E-state index contributed by atoms with van der Waals surface area (Å²) in [6.07, 6.45) is 0.796. The molecule has 0 bridgehead atoms. The molecule has 15 heavy (non-hydrogen) atoms. The average Bonchev–Trinajstić information content (AvgIpc) is 2.76. The predicted molar refractivity (Wildman–Crippen MR) is 70.1 cm³/mol. The third-order valence-electron chi connectivity index (χ3n) is 1.84. The van der Waals surface area contributed by atoms with E-state index in [1.54, 1.807) is 22.7 Å². The van der Waals surface area contributed by atoms with E-state index in [9.17, 15) is 0 Å². The molecule has 0 N–H and O–H groups in total. The highest BCUT2D eigenvalue weighted by molar-refractivity contribution is 9.11. The number of alkyl halides is 1. The molecule has 0 aliphatic rings. The molecule has 2 aromatic heterocycles. The number of aryl methyl sites for hydroxylation is 2. The summed E-state index contributed by atoms with van der Waals surface area (Å²) in [4.78, 5) is 1.16. The van der Waals surface area contributed by atoms with Gasteiger partial charge in [-0.3, -0.25) is 0 Å². The lowest BCUT2D eigenvalue weighted by atomic mass is 10.3. The number of rotatable bonds is 3. The normalized spacial score (nSPS) is 10.9. The summed E-state index contributed by atoms with van der Waals surface area (Å²) in [5.41, 5.74) is 1.24. The molecule has 0 saturated carbocycles. The highest BCUT2D eigenvalue weighted by Gasteiger charge is 2.10. The Morgan fingerprint density at radius 1 is 1.40 bits per heavy atom. The minimum absolute atomic E-state index is 0.599. The molecule has 0 amide bonds. The Hall–Kier alpha value is 0.0300. The fourth-order valence-electron chi connectivity index (χ4n) is 1.10. The van der Waals surface area contributed by atoms with E-state index >= 15 is 0 Å². The first-order chi connectivity index (χ1) is 7.20. The topological polar surface area (TPSA) is 25.8 Å². The van der Waals surface area contributed by atoms with Gasteiger partial charge in [-0.1, -0.05) is 11.3 Å². The minimum atomic E-state index is 0.599.